The smallest absolute Gasteiger partial charge is 0.0234 e. The molecule has 0 atom stereocenters. The molecule has 1 aromatic carbocycles. The van der Waals surface area contributed by atoms with E-state index in [1.165, 1.54) is 82.9 Å². The lowest BCUT2D eigenvalue weighted by Crippen LogP contribution is -2.44. The maximum absolute atomic E-state index is 2.61. The number of hydrogen-bond acceptors (Lipinski definition) is 4. The fourth-order valence-corrected chi connectivity index (χ4v) is 3.65. The van der Waals surface area contributed by atoms with Crippen LogP contribution in [0.5, 0.6) is 0 Å². The number of piperazine rings is 2. The molecule has 24 heavy (non-hydrogen) atoms. The van der Waals surface area contributed by atoms with Crippen molar-refractivity contribution in [2.75, 3.05) is 73.0 Å². The summed E-state index contributed by atoms with van der Waals surface area (Å²) in [5.74, 6) is 0. The summed E-state index contributed by atoms with van der Waals surface area (Å²) < 4.78 is 0. The largest absolute Gasteiger partial charge is 0.304 e. The van der Waals surface area contributed by atoms with Gasteiger partial charge in [-0.3, -0.25) is 4.90 Å². The van der Waals surface area contributed by atoms with E-state index in [4.69, 9.17) is 0 Å². The first-order chi connectivity index (χ1) is 11.7. The summed E-state index contributed by atoms with van der Waals surface area (Å²) in [6.07, 6.45) is 2.49. The normalized spacial score (nSPS) is 22.1. The van der Waals surface area contributed by atoms with Crippen LogP contribution in [0.25, 0.3) is 0 Å². The molecule has 4 nitrogen and oxygen atoms in total. The van der Waals surface area contributed by atoms with Crippen LogP contribution in [0.1, 0.15) is 17.5 Å². The van der Waals surface area contributed by atoms with Gasteiger partial charge in [-0.15, -0.1) is 0 Å². The van der Waals surface area contributed by atoms with Gasteiger partial charge in [-0.1, -0.05) is 24.3 Å². The minimum Gasteiger partial charge on any atom is -0.304 e. The molecule has 0 saturated carbocycles. The van der Waals surface area contributed by atoms with Crippen LogP contribution in [0.3, 0.4) is 0 Å². The van der Waals surface area contributed by atoms with Crippen molar-refractivity contribution < 1.29 is 0 Å². The molecule has 0 bridgehead atoms. The highest BCUT2D eigenvalue weighted by Crippen LogP contribution is 2.11. The highest BCUT2D eigenvalue weighted by molar-refractivity contribution is 5.22. The molecule has 3 rings (SSSR count). The van der Waals surface area contributed by atoms with Gasteiger partial charge in [0.15, 0.2) is 0 Å². The van der Waals surface area contributed by atoms with E-state index in [1.54, 1.807) is 0 Å². The van der Waals surface area contributed by atoms with Crippen LogP contribution in [-0.2, 0) is 13.0 Å². The Morgan fingerprint density at radius 2 is 1.17 bits per heavy atom. The minimum absolute atomic E-state index is 1.11. The number of likely N-dealkylation sites (N-methyl/N-ethyl adjacent to an activating group) is 2. The average Bonchev–Trinajstić information content (AvgIpc) is 2.60. The van der Waals surface area contributed by atoms with Gasteiger partial charge in [0.1, 0.15) is 0 Å². The monoisotopic (exact) mass is 330 g/mol. The van der Waals surface area contributed by atoms with Crippen LogP contribution in [0.4, 0.5) is 0 Å². The molecule has 0 amide bonds. The van der Waals surface area contributed by atoms with Crippen LogP contribution in [0.15, 0.2) is 24.3 Å². The van der Waals surface area contributed by atoms with Crippen LogP contribution in [-0.4, -0.2) is 92.6 Å². The zero-order chi connectivity index (χ0) is 16.8. The molecule has 0 radical (unpaired) electrons. The molecule has 1 aromatic rings. The summed E-state index contributed by atoms with van der Waals surface area (Å²) in [5, 5.41) is 0. The predicted molar refractivity (Wildman–Crippen MR) is 101 cm³/mol. The molecule has 2 fully saturated rings. The summed E-state index contributed by atoms with van der Waals surface area (Å²) in [6.45, 7) is 12.1. The van der Waals surface area contributed by atoms with Crippen molar-refractivity contribution in [3.05, 3.63) is 35.4 Å². The Hall–Kier alpha value is -0.940. The third-order valence-electron chi connectivity index (χ3n) is 5.56. The Morgan fingerprint density at radius 3 is 1.75 bits per heavy atom. The lowest BCUT2D eigenvalue weighted by atomic mass is 10.1. The third-order valence-corrected chi connectivity index (χ3v) is 5.56. The number of benzene rings is 1. The topological polar surface area (TPSA) is 13.0 Å². The maximum atomic E-state index is 2.61. The number of nitrogens with zero attached hydrogens (tertiary/aromatic N) is 4. The van der Waals surface area contributed by atoms with Gasteiger partial charge < -0.3 is 14.7 Å². The Morgan fingerprint density at radius 1 is 0.667 bits per heavy atom. The Labute approximate surface area is 148 Å². The average molecular weight is 331 g/mol. The number of hydrogen-bond donors (Lipinski definition) is 0. The molecule has 0 N–H and O–H groups in total. The van der Waals surface area contributed by atoms with Crippen molar-refractivity contribution in [3.8, 4) is 0 Å². The second-order valence-electron chi connectivity index (χ2n) is 7.64. The standard InChI is InChI=1S/C20H34N4/c1-21-10-14-23(15-11-21)9-3-4-19-5-7-20(8-6-19)18-24-16-12-22(2)13-17-24/h5-8H,3-4,9-18H2,1-2H3. The van der Waals surface area contributed by atoms with Crippen molar-refractivity contribution in [1.82, 2.24) is 19.6 Å². The maximum Gasteiger partial charge on any atom is 0.0234 e. The van der Waals surface area contributed by atoms with Gasteiger partial charge in [0.25, 0.3) is 0 Å². The quantitative estimate of drug-likeness (QED) is 0.786. The van der Waals surface area contributed by atoms with E-state index in [2.05, 4.69) is 58.0 Å². The number of aryl methyl sites for hydroxylation is 1. The first-order valence-electron chi connectivity index (χ1n) is 9.59. The lowest BCUT2D eigenvalue weighted by Gasteiger charge is -2.32. The van der Waals surface area contributed by atoms with Crippen molar-refractivity contribution in [2.24, 2.45) is 0 Å². The van der Waals surface area contributed by atoms with Crippen molar-refractivity contribution in [3.63, 3.8) is 0 Å². The molecule has 4 heteroatoms. The zero-order valence-corrected chi connectivity index (χ0v) is 15.6. The number of rotatable bonds is 6. The Kier molecular flexibility index (Phi) is 6.67. The molecule has 2 aliphatic heterocycles. The van der Waals surface area contributed by atoms with Gasteiger partial charge in [-0.05, 0) is 44.6 Å². The van der Waals surface area contributed by atoms with Crippen molar-refractivity contribution in [2.45, 2.75) is 19.4 Å². The van der Waals surface area contributed by atoms with Gasteiger partial charge in [0.2, 0.25) is 0 Å². The summed E-state index contributed by atoms with van der Waals surface area (Å²) in [6, 6.07) is 9.36. The van der Waals surface area contributed by atoms with E-state index in [0.29, 0.717) is 0 Å². The highest BCUT2D eigenvalue weighted by Gasteiger charge is 2.14. The van der Waals surface area contributed by atoms with E-state index < -0.39 is 0 Å². The Balaban J connectivity index is 1.37. The summed E-state index contributed by atoms with van der Waals surface area (Å²) in [7, 11) is 4.44. The molecule has 2 saturated heterocycles. The van der Waals surface area contributed by atoms with E-state index >= 15 is 0 Å². The van der Waals surface area contributed by atoms with Crippen molar-refractivity contribution >= 4 is 0 Å². The lowest BCUT2D eigenvalue weighted by molar-refractivity contribution is 0.148. The molecule has 2 heterocycles. The highest BCUT2D eigenvalue weighted by atomic mass is 15.2. The van der Waals surface area contributed by atoms with Crippen molar-refractivity contribution in [1.29, 1.82) is 0 Å². The molecular weight excluding hydrogens is 296 g/mol. The molecule has 0 unspecified atom stereocenters. The van der Waals surface area contributed by atoms with E-state index in [9.17, 15) is 0 Å². The molecule has 134 valence electrons. The SMILES string of the molecule is CN1CCN(CCCc2ccc(CN3CCN(C)CC3)cc2)CC1. The van der Waals surface area contributed by atoms with E-state index in [0.717, 1.165) is 6.54 Å². The Bertz CT molecular complexity index is 471. The summed E-state index contributed by atoms with van der Waals surface area (Å²) >= 11 is 0. The summed E-state index contributed by atoms with van der Waals surface area (Å²) in [4.78, 5) is 10.0. The van der Waals surface area contributed by atoms with E-state index in [-0.39, 0.29) is 0 Å². The van der Waals surface area contributed by atoms with E-state index in [1.807, 2.05) is 0 Å². The molecule has 0 aromatic heterocycles. The van der Waals surface area contributed by atoms with Gasteiger partial charge in [-0.25, -0.2) is 0 Å². The molecule has 0 aliphatic carbocycles. The van der Waals surface area contributed by atoms with Gasteiger partial charge in [0, 0.05) is 58.9 Å². The summed E-state index contributed by atoms with van der Waals surface area (Å²) in [5.41, 5.74) is 2.95. The second-order valence-corrected chi connectivity index (χ2v) is 7.64. The van der Waals surface area contributed by atoms with Crippen LogP contribution in [0.2, 0.25) is 0 Å². The van der Waals surface area contributed by atoms with Crippen LogP contribution in [0, 0.1) is 0 Å². The van der Waals surface area contributed by atoms with Crippen LogP contribution < -0.4 is 0 Å². The zero-order valence-electron chi connectivity index (χ0n) is 15.6. The fourth-order valence-electron chi connectivity index (χ4n) is 3.65. The van der Waals surface area contributed by atoms with Crippen LogP contribution >= 0.6 is 0 Å². The molecule has 0 spiro atoms. The molecule has 2 aliphatic rings. The second kappa shape index (κ2) is 8.95. The first-order valence-corrected chi connectivity index (χ1v) is 9.59. The first kappa shape index (κ1) is 17.9. The predicted octanol–water partition coefficient (Wildman–Crippen LogP) is 1.61. The van der Waals surface area contributed by atoms with Gasteiger partial charge >= 0.3 is 0 Å². The molecular formula is C20H34N4. The third kappa shape index (κ3) is 5.55. The van der Waals surface area contributed by atoms with Gasteiger partial charge in [0.05, 0.1) is 0 Å². The minimum atomic E-state index is 1.11. The van der Waals surface area contributed by atoms with Gasteiger partial charge in [-0.2, -0.15) is 0 Å². The fraction of sp³-hybridized carbons (Fsp3) is 0.700.